The van der Waals surface area contributed by atoms with Crippen LogP contribution in [0.4, 0.5) is 0 Å². The molecular weight excluding hydrogens is 344 g/mol. The van der Waals surface area contributed by atoms with E-state index in [1.165, 1.54) is 0 Å². The van der Waals surface area contributed by atoms with Gasteiger partial charge in [0.2, 0.25) is 5.60 Å². The van der Waals surface area contributed by atoms with E-state index in [1.54, 1.807) is 24.3 Å². The third-order valence-electron chi connectivity index (χ3n) is 4.67. The Hall–Kier alpha value is -2.66. The molecule has 0 saturated heterocycles. The number of carbonyl (C=O) groups is 2. The monoisotopic (exact) mass is 370 g/mol. The summed E-state index contributed by atoms with van der Waals surface area (Å²) in [5.74, 6) is -1.66. The van der Waals surface area contributed by atoms with Crippen LogP contribution in [-0.2, 0) is 24.7 Å². The Kier molecular flexibility index (Phi) is 7.55. The van der Waals surface area contributed by atoms with Crippen LogP contribution in [0.3, 0.4) is 0 Å². The van der Waals surface area contributed by atoms with Crippen molar-refractivity contribution in [1.29, 1.82) is 0 Å². The molecule has 0 atom stereocenters. The van der Waals surface area contributed by atoms with Gasteiger partial charge in [0.05, 0.1) is 6.61 Å². The maximum atomic E-state index is 13.1. The largest absolute Gasteiger partial charge is 0.479 e. The van der Waals surface area contributed by atoms with Crippen LogP contribution in [0.15, 0.2) is 60.7 Å². The molecule has 0 radical (unpaired) electrons. The number of ether oxygens (including phenoxy) is 2. The fourth-order valence-electron chi connectivity index (χ4n) is 2.97. The molecule has 0 unspecified atom stereocenters. The highest BCUT2D eigenvalue weighted by atomic mass is 16.6. The van der Waals surface area contributed by atoms with Gasteiger partial charge in [0.15, 0.2) is 6.61 Å². The Morgan fingerprint density at radius 2 is 1.41 bits per heavy atom. The summed E-state index contributed by atoms with van der Waals surface area (Å²) >= 11 is 0. The summed E-state index contributed by atoms with van der Waals surface area (Å²) in [5, 5.41) is 8.95. The van der Waals surface area contributed by atoms with Crippen molar-refractivity contribution in [2.24, 2.45) is 5.92 Å². The van der Waals surface area contributed by atoms with Gasteiger partial charge in [-0.2, -0.15) is 0 Å². The van der Waals surface area contributed by atoms with Gasteiger partial charge in [-0.25, -0.2) is 9.59 Å². The average Bonchev–Trinajstić information content (AvgIpc) is 2.71. The number of aliphatic carboxylic acids is 1. The molecule has 144 valence electrons. The standard InChI is InChI=1S/C22H26O5/c1-3-17(4-2)15-27-22(18-11-7-5-8-12-18,19-13-9-6-10-14-19)21(25)26-16-20(23)24/h5-14,17H,3-4,15-16H2,1-2H3,(H,23,24). The summed E-state index contributed by atoms with van der Waals surface area (Å²) in [4.78, 5) is 24.1. The van der Waals surface area contributed by atoms with E-state index in [0.717, 1.165) is 12.8 Å². The molecule has 0 aliphatic carbocycles. The zero-order chi connectivity index (χ0) is 19.7. The van der Waals surface area contributed by atoms with Crippen molar-refractivity contribution in [2.45, 2.75) is 32.3 Å². The molecule has 2 aromatic rings. The van der Waals surface area contributed by atoms with E-state index in [-0.39, 0.29) is 5.92 Å². The fraction of sp³-hybridized carbons (Fsp3) is 0.364. The molecule has 0 aliphatic heterocycles. The molecule has 0 heterocycles. The van der Waals surface area contributed by atoms with Gasteiger partial charge in [-0.1, -0.05) is 87.4 Å². The minimum absolute atomic E-state index is 0.282. The molecule has 0 spiro atoms. The van der Waals surface area contributed by atoms with Crippen LogP contribution in [-0.4, -0.2) is 30.3 Å². The highest BCUT2D eigenvalue weighted by Crippen LogP contribution is 2.36. The van der Waals surface area contributed by atoms with E-state index >= 15 is 0 Å². The Morgan fingerprint density at radius 3 is 1.81 bits per heavy atom. The average molecular weight is 370 g/mol. The third kappa shape index (κ3) is 4.95. The van der Waals surface area contributed by atoms with Crippen molar-refractivity contribution in [3.05, 3.63) is 71.8 Å². The van der Waals surface area contributed by atoms with E-state index in [1.807, 2.05) is 36.4 Å². The van der Waals surface area contributed by atoms with Gasteiger partial charge < -0.3 is 14.6 Å². The fourth-order valence-corrected chi connectivity index (χ4v) is 2.97. The van der Waals surface area contributed by atoms with Gasteiger partial charge in [-0.15, -0.1) is 0 Å². The van der Waals surface area contributed by atoms with Crippen molar-refractivity contribution < 1.29 is 24.2 Å². The smallest absolute Gasteiger partial charge is 0.348 e. The van der Waals surface area contributed by atoms with Gasteiger partial charge >= 0.3 is 11.9 Å². The zero-order valence-corrected chi connectivity index (χ0v) is 15.8. The SMILES string of the molecule is CCC(CC)COC(C(=O)OCC(=O)O)(c1ccccc1)c1ccccc1. The van der Waals surface area contributed by atoms with Crippen molar-refractivity contribution in [3.8, 4) is 0 Å². The number of carboxylic acid groups (broad SMARTS) is 1. The second kappa shape index (κ2) is 9.88. The molecule has 0 bridgehead atoms. The summed E-state index contributed by atoms with van der Waals surface area (Å²) in [6.07, 6.45) is 1.83. The Labute approximate surface area is 159 Å². The maximum Gasteiger partial charge on any atom is 0.348 e. The third-order valence-corrected chi connectivity index (χ3v) is 4.67. The van der Waals surface area contributed by atoms with E-state index in [0.29, 0.717) is 17.7 Å². The predicted octanol–water partition coefficient (Wildman–Crippen LogP) is 4.01. The molecule has 2 rings (SSSR count). The van der Waals surface area contributed by atoms with E-state index in [2.05, 4.69) is 13.8 Å². The first-order valence-corrected chi connectivity index (χ1v) is 9.18. The molecule has 0 amide bonds. The van der Waals surface area contributed by atoms with Crippen molar-refractivity contribution in [2.75, 3.05) is 13.2 Å². The van der Waals surface area contributed by atoms with Crippen molar-refractivity contribution in [1.82, 2.24) is 0 Å². The maximum absolute atomic E-state index is 13.1. The van der Waals surface area contributed by atoms with Gasteiger partial charge in [0.1, 0.15) is 0 Å². The van der Waals surface area contributed by atoms with Gasteiger partial charge in [-0.3, -0.25) is 0 Å². The number of hydrogen-bond acceptors (Lipinski definition) is 4. The number of carbonyl (C=O) groups excluding carboxylic acids is 1. The molecule has 0 fully saturated rings. The Morgan fingerprint density at radius 1 is 0.926 bits per heavy atom. The van der Waals surface area contributed by atoms with Gasteiger partial charge in [0.25, 0.3) is 0 Å². The van der Waals surface area contributed by atoms with Crippen LogP contribution in [0, 0.1) is 5.92 Å². The molecule has 0 saturated carbocycles. The van der Waals surface area contributed by atoms with Crippen LogP contribution in [0.25, 0.3) is 0 Å². The molecule has 0 aromatic heterocycles. The van der Waals surface area contributed by atoms with Crippen molar-refractivity contribution >= 4 is 11.9 Å². The lowest BCUT2D eigenvalue weighted by Gasteiger charge is -2.33. The minimum atomic E-state index is -1.51. The molecule has 2 aromatic carbocycles. The lowest BCUT2D eigenvalue weighted by atomic mass is 9.85. The first-order chi connectivity index (χ1) is 13.0. The Balaban J connectivity index is 2.54. The number of benzene rings is 2. The van der Waals surface area contributed by atoms with E-state index in [4.69, 9.17) is 14.6 Å². The quantitative estimate of drug-likeness (QED) is 0.640. The Bertz CT molecular complexity index is 683. The lowest BCUT2D eigenvalue weighted by Crippen LogP contribution is -2.43. The number of rotatable bonds is 10. The molecule has 1 N–H and O–H groups in total. The predicted molar refractivity (Wildman–Crippen MR) is 102 cm³/mol. The number of carboxylic acids is 1. The summed E-state index contributed by atoms with van der Waals surface area (Å²) in [7, 11) is 0. The number of hydrogen-bond donors (Lipinski definition) is 1. The number of esters is 1. The van der Waals surface area contributed by atoms with Crippen LogP contribution in [0.5, 0.6) is 0 Å². The van der Waals surface area contributed by atoms with Gasteiger partial charge in [-0.05, 0) is 17.0 Å². The van der Waals surface area contributed by atoms with Crippen LogP contribution in [0.1, 0.15) is 37.8 Å². The molecule has 0 aliphatic rings. The highest BCUT2D eigenvalue weighted by molar-refractivity contribution is 5.87. The summed E-state index contributed by atoms with van der Waals surface area (Å²) in [6.45, 7) is 3.80. The van der Waals surface area contributed by atoms with Crippen LogP contribution in [0.2, 0.25) is 0 Å². The molecule has 27 heavy (non-hydrogen) atoms. The molecule has 5 nitrogen and oxygen atoms in total. The lowest BCUT2D eigenvalue weighted by molar-refractivity contribution is -0.174. The second-order valence-electron chi connectivity index (χ2n) is 6.38. The summed E-state index contributed by atoms with van der Waals surface area (Å²) in [5.41, 5.74) is -0.296. The molecular formula is C22H26O5. The van der Waals surface area contributed by atoms with E-state index in [9.17, 15) is 9.59 Å². The minimum Gasteiger partial charge on any atom is -0.479 e. The zero-order valence-electron chi connectivity index (χ0n) is 15.8. The first kappa shape index (κ1) is 20.6. The van der Waals surface area contributed by atoms with Crippen molar-refractivity contribution in [3.63, 3.8) is 0 Å². The van der Waals surface area contributed by atoms with Crippen LogP contribution >= 0.6 is 0 Å². The van der Waals surface area contributed by atoms with E-state index < -0.39 is 24.1 Å². The first-order valence-electron chi connectivity index (χ1n) is 9.18. The second-order valence-corrected chi connectivity index (χ2v) is 6.38. The normalized spacial score (nSPS) is 11.4. The highest BCUT2D eigenvalue weighted by Gasteiger charge is 2.45. The topological polar surface area (TPSA) is 72.8 Å². The summed E-state index contributed by atoms with van der Waals surface area (Å²) < 4.78 is 11.4. The molecule has 5 heteroatoms. The van der Waals surface area contributed by atoms with Crippen LogP contribution < -0.4 is 0 Å². The summed E-state index contributed by atoms with van der Waals surface area (Å²) in [6, 6.07) is 18.1. The van der Waals surface area contributed by atoms with Gasteiger partial charge in [0, 0.05) is 0 Å².